The number of hydrogen-bond donors (Lipinski definition) is 1. The third-order valence-corrected chi connectivity index (χ3v) is 4.91. The van der Waals surface area contributed by atoms with Crippen LogP contribution in [0.1, 0.15) is 18.4 Å². The summed E-state index contributed by atoms with van der Waals surface area (Å²) in [5, 5.41) is 14.7. The molecule has 1 saturated heterocycles. The van der Waals surface area contributed by atoms with Gasteiger partial charge in [0.15, 0.2) is 0 Å². The lowest BCUT2D eigenvalue weighted by atomic mass is 10.0. The number of anilines is 1. The van der Waals surface area contributed by atoms with Crippen molar-refractivity contribution >= 4 is 27.3 Å². The summed E-state index contributed by atoms with van der Waals surface area (Å²) in [6.07, 6.45) is 2.08. The molecule has 0 radical (unpaired) electrons. The van der Waals surface area contributed by atoms with E-state index < -0.39 is 0 Å². The van der Waals surface area contributed by atoms with Gasteiger partial charge in [0, 0.05) is 47.5 Å². The van der Waals surface area contributed by atoms with Crippen LogP contribution in [0.4, 0.5) is 11.4 Å². The summed E-state index contributed by atoms with van der Waals surface area (Å²) in [7, 11) is 0. The van der Waals surface area contributed by atoms with Crippen molar-refractivity contribution in [2.45, 2.75) is 25.4 Å². The van der Waals surface area contributed by atoms with Crippen molar-refractivity contribution in [1.29, 1.82) is 0 Å². The third-order valence-electron chi connectivity index (χ3n) is 4.38. The number of nitrogens with one attached hydrogen (secondary N) is 1. The number of halogens is 1. The van der Waals surface area contributed by atoms with E-state index in [1.54, 1.807) is 12.1 Å². The topological polar surface area (TPSA) is 58.4 Å². The van der Waals surface area contributed by atoms with Crippen LogP contribution in [0, 0.1) is 10.1 Å². The van der Waals surface area contributed by atoms with E-state index in [1.165, 1.54) is 0 Å². The zero-order valence-corrected chi connectivity index (χ0v) is 14.9. The third kappa shape index (κ3) is 4.33. The lowest BCUT2D eigenvalue weighted by Crippen LogP contribution is -2.38. The molecular weight excluding hydrogens is 370 g/mol. The first-order chi connectivity index (χ1) is 11.6. The molecule has 1 N–H and O–H groups in total. The Morgan fingerprint density at radius 3 is 2.46 bits per heavy atom. The van der Waals surface area contributed by atoms with Crippen LogP contribution >= 0.6 is 15.9 Å². The first-order valence-corrected chi connectivity index (χ1v) is 8.88. The number of para-hydroxylation sites is 1. The van der Waals surface area contributed by atoms with Crippen LogP contribution < -0.4 is 5.32 Å². The molecule has 0 aliphatic carbocycles. The highest BCUT2D eigenvalue weighted by molar-refractivity contribution is 9.10. The molecule has 2 aromatic carbocycles. The molecule has 0 amide bonds. The maximum Gasteiger partial charge on any atom is 0.273 e. The van der Waals surface area contributed by atoms with E-state index in [-0.39, 0.29) is 10.6 Å². The molecule has 0 bridgehead atoms. The molecule has 2 aromatic rings. The second kappa shape index (κ2) is 7.77. The van der Waals surface area contributed by atoms with E-state index in [9.17, 15) is 10.1 Å². The van der Waals surface area contributed by atoms with Crippen LogP contribution in [0.3, 0.4) is 0 Å². The number of rotatable bonds is 5. The van der Waals surface area contributed by atoms with E-state index >= 15 is 0 Å². The van der Waals surface area contributed by atoms with Crippen LogP contribution in [0.15, 0.2) is 53.0 Å². The monoisotopic (exact) mass is 389 g/mol. The maximum atomic E-state index is 11.1. The Labute approximate surface area is 150 Å². The Balaban J connectivity index is 1.54. The lowest BCUT2D eigenvalue weighted by Gasteiger charge is -2.32. The zero-order chi connectivity index (χ0) is 16.9. The molecule has 1 aliphatic heterocycles. The summed E-state index contributed by atoms with van der Waals surface area (Å²) >= 11 is 3.44. The number of hydrogen-bond acceptors (Lipinski definition) is 4. The van der Waals surface area contributed by atoms with Gasteiger partial charge in [-0.2, -0.15) is 0 Å². The quantitative estimate of drug-likeness (QED) is 0.606. The number of piperidine rings is 1. The molecule has 0 aromatic heterocycles. The number of likely N-dealkylation sites (tertiary alicyclic amines) is 1. The molecule has 5 nitrogen and oxygen atoms in total. The standard InChI is InChI=1S/C18H20BrN3O2/c19-15-5-7-16(8-6-15)20-17-9-11-21(12-10-17)13-14-3-1-2-4-18(14)22(23)24/h1-8,17,20H,9-13H2. The molecular formula is C18H20BrN3O2. The van der Waals surface area contributed by atoms with Gasteiger partial charge < -0.3 is 5.32 Å². The average Bonchev–Trinajstić information content (AvgIpc) is 2.59. The summed E-state index contributed by atoms with van der Waals surface area (Å²) in [4.78, 5) is 13.1. The van der Waals surface area contributed by atoms with Gasteiger partial charge in [0.2, 0.25) is 0 Å². The van der Waals surface area contributed by atoms with Crippen molar-refractivity contribution in [3.63, 3.8) is 0 Å². The summed E-state index contributed by atoms with van der Waals surface area (Å²) in [6, 6.07) is 15.7. The number of nitro groups is 1. The largest absolute Gasteiger partial charge is 0.382 e. The van der Waals surface area contributed by atoms with Crippen LogP contribution in [-0.2, 0) is 6.54 Å². The SMILES string of the molecule is O=[N+]([O-])c1ccccc1CN1CCC(Nc2ccc(Br)cc2)CC1. The van der Waals surface area contributed by atoms with Crippen LogP contribution in [0.5, 0.6) is 0 Å². The first kappa shape index (κ1) is 16.9. The predicted molar refractivity (Wildman–Crippen MR) is 99.2 cm³/mol. The lowest BCUT2D eigenvalue weighted by molar-refractivity contribution is -0.385. The predicted octanol–water partition coefficient (Wildman–Crippen LogP) is 4.43. The fraction of sp³-hybridized carbons (Fsp3) is 0.333. The van der Waals surface area contributed by atoms with Gasteiger partial charge in [-0.05, 0) is 37.1 Å². The number of nitro benzene ring substituents is 1. The Morgan fingerprint density at radius 2 is 1.79 bits per heavy atom. The van der Waals surface area contributed by atoms with E-state index in [4.69, 9.17) is 0 Å². The summed E-state index contributed by atoms with van der Waals surface area (Å²) in [6.45, 7) is 2.53. The smallest absolute Gasteiger partial charge is 0.273 e. The van der Waals surface area contributed by atoms with Gasteiger partial charge in [-0.25, -0.2) is 0 Å². The second-order valence-electron chi connectivity index (χ2n) is 6.09. The van der Waals surface area contributed by atoms with E-state index in [2.05, 4.69) is 38.3 Å². The van der Waals surface area contributed by atoms with Crippen molar-refractivity contribution in [2.75, 3.05) is 18.4 Å². The van der Waals surface area contributed by atoms with Gasteiger partial charge in [-0.15, -0.1) is 0 Å². The average molecular weight is 390 g/mol. The highest BCUT2D eigenvalue weighted by Gasteiger charge is 2.21. The van der Waals surface area contributed by atoms with Crippen molar-refractivity contribution in [2.24, 2.45) is 0 Å². The van der Waals surface area contributed by atoms with Crippen molar-refractivity contribution in [3.8, 4) is 0 Å². The minimum atomic E-state index is -0.294. The molecule has 126 valence electrons. The zero-order valence-electron chi connectivity index (χ0n) is 13.3. The fourth-order valence-electron chi connectivity index (χ4n) is 3.08. The highest BCUT2D eigenvalue weighted by atomic mass is 79.9. The molecule has 0 atom stereocenters. The van der Waals surface area contributed by atoms with Crippen molar-refractivity contribution < 1.29 is 4.92 Å². The minimum absolute atomic E-state index is 0.215. The van der Waals surface area contributed by atoms with Crippen LogP contribution in [0.2, 0.25) is 0 Å². The normalized spacial score (nSPS) is 16.0. The van der Waals surface area contributed by atoms with E-state index in [0.717, 1.165) is 41.7 Å². The number of benzene rings is 2. The molecule has 1 fully saturated rings. The number of nitrogens with zero attached hydrogens (tertiary/aromatic N) is 2. The molecule has 6 heteroatoms. The second-order valence-corrected chi connectivity index (χ2v) is 7.00. The molecule has 0 spiro atoms. The van der Waals surface area contributed by atoms with Crippen LogP contribution in [0.25, 0.3) is 0 Å². The summed E-state index contributed by atoms with van der Waals surface area (Å²) in [5.74, 6) is 0. The van der Waals surface area contributed by atoms with Gasteiger partial charge in [0.25, 0.3) is 5.69 Å². The van der Waals surface area contributed by atoms with E-state index in [0.29, 0.717) is 12.6 Å². The minimum Gasteiger partial charge on any atom is -0.382 e. The molecule has 0 unspecified atom stereocenters. The molecule has 3 rings (SSSR count). The summed E-state index contributed by atoms with van der Waals surface area (Å²) in [5.41, 5.74) is 2.14. The van der Waals surface area contributed by atoms with Crippen molar-refractivity contribution in [1.82, 2.24) is 4.90 Å². The highest BCUT2D eigenvalue weighted by Crippen LogP contribution is 2.23. The van der Waals surface area contributed by atoms with Crippen molar-refractivity contribution in [3.05, 3.63) is 68.7 Å². The Bertz CT molecular complexity index is 698. The molecule has 1 aliphatic rings. The van der Waals surface area contributed by atoms with E-state index in [1.807, 2.05) is 24.3 Å². The van der Waals surface area contributed by atoms with Gasteiger partial charge in [-0.3, -0.25) is 15.0 Å². The summed E-state index contributed by atoms with van der Waals surface area (Å²) < 4.78 is 1.08. The Kier molecular flexibility index (Phi) is 5.48. The molecule has 1 heterocycles. The molecule has 24 heavy (non-hydrogen) atoms. The molecule has 0 saturated carbocycles. The fourth-order valence-corrected chi connectivity index (χ4v) is 3.35. The van der Waals surface area contributed by atoms with Crippen LogP contribution in [-0.4, -0.2) is 29.0 Å². The van der Waals surface area contributed by atoms with Gasteiger partial charge in [-0.1, -0.05) is 34.1 Å². The Hall–Kier alpha value is -1.92. The Morgan fingerprint density at radius 1 is 1.12 bits per heavy atom. The van der Waals surface area contributed by atoms with Gasteiger partial charge in [0.05, 0.1) is 4.92 Å². The first-order valence-electron chi connectivity index (χ1n) is 8.08. The van der Waals surface area contributed by atoms with Gasteiger partial charge >= 0.3 is 0 Å². The maximum absolute atomic E-state index is 11.1. The van der Waals surface area contributed by atoms with Gasteiger partial charge in [0.1, 0.15) is 0 Å².